The Hall–Kier alpha value is -2.66. The topological polar surface area (TPSA) is 108 Å². The van der Waals surface area contributed by atoms with E-state index < -0.39 is 6.03 Å². The molecule has 0 radical (unpaired) electrons. The van der Waals surface area contributed by atoms with Crippen molar-refractivity contribution in [2.45, 2.75) is 6.92 Å². The number of anilines is 1. The van der Waals surface area contributed by atoms with Crippen molar-refractivity contribution in [1.82, 2.24) is 15.6 Å². The van der Waals surface area contributed by atoms with Gasteiger partial charge in [-0.2, -0.15) is 5.26 Å². The molecule has 0 spiro atoms. The molecule has 2 amide bonds. The van der Waals surface area contributed by atoms with Gasteiger partial charge in [0.1, 0.15) is 11.6 Å². The third-order valence-corrected chi connectivity index (χ3v) is 2.79. The minimum atomic E-state index is -0.606. The van der Waals surface area contributed by atoms with Crippen LogP contribution in [0.3, 0.4) is 0 Å². The molecule has 0 atom stereocenters. The fourth-order valence-corrected chi connectivity index (χ4v) is 1.58. The molecule has 0 saturated heterocycles. The number of urea groups is 1. The second kappa shape index (κ2) is 5.99. The SMILES string of the molecule is Cc1c(Cl)cccc1-[n+]1nnc(NC(=O)NCC#N)o1. The lowest BCUT2D eigenvalue weighted by molar-refractivity contribution is -0.832. The quantitative estimate of drug-likeness (QED) is 0.647. The van der Waals surface area contributed by atoms with E-state index in [9.17, 15) is 4.79 Å². The summed E-state index contributed by atoms with van der Waals surface area (Å²) in [5.41, 5.74) is 1.37. The maximum atomic E-state index is 11.3. The van der Waals surface area contributed by atoms with E-state index in [2.05, 4.69) is 20.9 Å². The Bertz CT molecular complexity index is 678. The summed E-state index contributed by atoms with van der Waals surface area (Å²) < 4.78 is 5.24. The summed E-state index contributed by atoms with van der Waals surface area (Å²) in [6, 6.07) is 6.30. The van der Waals surface area contributed by atoms with Crippen molar-refractivity contribution in [3.63, 3.8) is 0 Å². The van der Waals surface area contributed by atoms with Gasteiger partial charge in [0.05, 0.1) is 10.9 Å². The summed E-state index contributed by atoms with van der Waals surface area (Å²) in [6.45, 7) is 1.69. The van der Waals surface area contributed by atoms with Crippen LogP contribution in [0.4, 0.5) is 10.8 Å². The van der Waals surface area contributed by atoms with Gasteiger partial charge in [-0.25, -0.2) is 14.6 Å². The molecule has 0 bridgehead atoms. The van der Waals surface area contributed by atoms with E-state index in [0.29, 0.717) is 10.7 Å². The van der Waals surface area contributed by atoms with Crippen LogP contribution in [0.25, 0.3) is 5.69 Å². The van der Waals surface area contributed by atoms with Crippen LogP contribution in [-0.2, 0) is 0 Å². The highest BCUT2D eigenvalue weighted by molar-refractivity contribution is 6.31. The predicted octanol–water partition coefficient (Wildman–Crippen LogP) is 0.953. The second-order valence-electron chi connectivity index (χ2n) is 3.71. The van der Waals surface area contributed by atoms with E-state index in [1.165, 1.54) is 0 Å². The number of carbonyl (C=O) groups excluding carboxylic acids is 1. The van der Waals surface area contributed by atoms with Crippen molar-refractivity contribution in [3.05, 3.63) is 28.8 Å². The molecule has 102 valence electrons. The van der Waals surface area contributed by atoms with Gasteiger partial charge in [-0.1, -0.05) is 17.7 Å². The number of hydrogen-bond acceptors (Lipinski definition) is 5. The zero-order valence-electron chi connectivity index (χ0n) is 10.4. The molecule has 0 aliphatic rings. The Kier molecular flexibility index (Phi) is 4.12. The van der Waals surface area contributed by atoms with Crippen molar-refractivity contribution in [2.75, 3.05) is 11.9 Å². The van der Waals surface area contributed by atoms with Gasteiger partial charge in [0.15, 0.2) is 5.21 Å². The van der Waals surface area contributed by atoms with Gasteiger partial charge < -0.3 is 5.32 Å². The number of hydrogen-bond donors (Lipinski definition) is 2. The Morgan fingerprint density at radius 1 is 1.60 bits per heavy atom. The lowest BCUT2D eigenvalue weighted by Gasteiger charge is -1.98. The van der Waals surface area contributed by atoms with Crippen LogP contribution in [0.5, 0.6) is 0 Å². The zero-order valence-corrected chi connectivity index (χ0v) is 11.2. The molecule has 20 heavy (non-hydrogen) atoms. The van der Waals surface area contributed by atoms with Gasteiger partial charge in [0.2, 0.25) is 5.69 Å². The van der Waals surface area contributed by atoms with Crippen LogP contribution in [0.1, 0.15) is 5.56 Å². The molecule has 0 unspecified atom stereocenters. The summed E-state index contributed by atoms with van der Waals surface area (Å²) in [5.74, 6) is 0. The van der Waals surface area contributed by atoms with Gasteiger partial charge >= 0.3 is 12.0 Å². The number of carbonyl (C=O) groups is 1. The molecule has 0 aliphatic heterocycles. The van der Waals surface area contributed by atoms with Gasteiger partial charge in [0.25, 0.3) is 0 Å². The lowest BCUT2D eigenvalue weighted by atomic mass is 10.2. The summed E-state index contributed by atoms with van der Waals surface area (Å²) in [4.78, 5) is 12.4. The van der Waals surface area contributed by atoms with Crippen LogP contribution >= 0.6 is 11.6 Å². The molecule has 2 rings (SSSR count). The average Bonchev–Trinajstić information content (AvgIpc) is 2.88. The third-order valence-electron chi connectivity index (χ3n) is 2.38. The molecular formula is C11H10ClN6O2+. The highest BCUT2D eigenvalue weighted by atomic mass is 35.5. The van der Waals surface area contributed by atoms with Crippen molar-refractivity contribution >= 4 is 23.6 Å². The van der Waals surface area contributed by atoms with E-state index in [-0.39, 0.29) is 12.6 Å². The summed E-state index contributed by atoms with van der Waals surface area (Å²) in [5, 5.41) is 20.9. The van der Waals surface area contributed by atoms with E-state index >= 15 is 0 Å². The Morgan fingerprint density at radius 3 is 3.15 bits per heavy atom. The van der Waals surface area contributed by atoms with Crippen LogP contribution in [0, 0.1) is 18.3 Å². The normalized spacial score (nSPS) is 9.85. The molecule has 8 nitrogen and oxygen atoms in total. The number of nitrogens with one attached hydrogen (secondary N) is 2. The fourth-order valence-electron chi connectivity index (χ4n) is 1.41. The maximum absolute atomic E-state index is 11.3. The summed E-state index contributed by atoms with van der Waals surface area (Å²) in [6.07, 6.45) is 0. The van der Waals surface area contributed by atoms with E-state index in [1.54, 1.807) is 24.3 Å². The highest BCUT2D eigenvalue weighted by Gasteiger charge is 2.20. The number of aromatic nitrogens is 3. The molecule has 2 aromatic rings. The van der Waals surface area contributed by atoms with Gasteiger partial charge in [-0.05, 0) is 19.1 Å². The van der Waals surface area contributed by atoms with Crippen molar-refractivity contribution in [3.8, 4) is 11.8 Å². The van der Waals surface area contributed by atoms with Crippen LogP contribution < -0.4 is 15.5 Å². The van der Waals surface area contributed by atoms with Gasteiger partial charge in [-0.15, -0.1) is 0 Å². The summed E-state index contributed by atoms with van der Waals surface area (Å²) >= 11 is 6.00. The van der Waals surface area contributed by atoms with Crippen LogP contribution in [-0.4, -0.2) is 22.9 Å². The number of benzene rings is 1. The van der Waals surface area contributed by atoms with E-state index in [4.69, 9.17) is 21.4 Å². The summed E-state index contributed by atoms with van der Waals surface area (Å²) in [7, 11) is 0. The lowest BCUT2D eigenvalue weighted by Crippen LogP contribution is -2.33. The molecule has 1 heterocycles. The minimum Gasteiger partial charge on any atom is -0.325 e. The zero-order chi connectivity index (χ0) is 14.5. The fraction of sp³-hybridized carbons (Fsp3) is 0.182. The van der Waals surface area contributed by atoms with Gasteiger partial charge in [0, 0.05) is 10.6 Å². The standard InChI is InChI=1S/C11H9ClN6O2/c1-7-8(12)3-2-4-9(7)18-17-16-11(20-18)15-10(19)14-6-5-13/h2-4H,6H2,1H3,(H,14,19)/p+1. The Morgan fingerprint density at radius 2 is 2.40 bits per heavy atom. The first kappa shape index (κ1) is 13.8. The molecule has 0 saturated carbocycles. The first-order valence-corrected chi connectivity index (χ1v) is 5.93. The maximum Gasteiger partial charge on any atom is 0.487 e. The first-order valence-electron chi connectivity index (χ1n) is 5.55. The molecule has 0 aliphatic carbocycles. The average molecular weight is 294 g/mol. The Labute approximate surface area is 118 Å². The molecule has 2 N–H and O–H groups in total. The Balaban J connectivity index is 2.15. The van der Waals surface area contributed by atoms with Crippen molar-refractivity contribution in [1.29, 1.82) is 5.26 Å². The number of amides is 2. The molecule has 1 aromatic carbocycles. The second-order valence-corrected chi connectivity index (χ2v) is 4.12. The number of nitrogens with zero attached hydrogens (tertiary/aromatic N) is 4. The minimum absolute atomic E-state index is 0.0974. The van der Waals surface area contributed by atoms with E-state index in [1.807, 2.05) is 6.92 Å². The number of rotatable bonds is 3. The van der Waals surface area contributed by atoms with E-state index in [0.717, 1.165) is 10.4 Å². The third kappa shape index (κ3) is 3.02. The smallest absolute Gasteiger partial charge is 0.325 e. The molecule has 1 aromatic heterocycles. The first-order chi connectivity index (χ1) is 9.61. The van der Waals surface area contributed by atoms with Crippen molar-refractivity contribution < 1.29 is 14.2 Å². The van der Waals surface area contributed by atoms with Crippen LogP contribution in [0.2, 0.25) is 5.02 Å². The molecular weight excluding hydrogens is 284 g/mol. The predicted molar refractivity (Wildman–Crippen MR) is 68.2 cm³/mol. The number of nitriles is 1. The van der Waals surface area contributed by atoms with Gasteiger partial charge in [-0.3, -0.25) is 0 Å². The van der Waals surface area contributed by atoms with Crippen LogP contribution in [0.15, 0.2) is 22.7 Å². The van der Waals surface area contributed by atoms with Crippen molar-refractivity contribution in [2.24, 2.45) is 0 Å². The molecule has 9 heteroatoms. The monoisotopic (exact) mass is 293 g/mol. The largest absolute Gasteiger partial charge is 0.487 e. The number of halogens is 1. The molecule has 0 fully saturated rings. The highest BCUT2D eigenvalue weighted by Crippen LogP contribution is 2.18.